The van der Waals surface area contributed by atoms with Crippen molar-refractivity contribution >= 4 is 0 Å². The average Bonchev–Trinajstić information content (AvgIpc) is 2.14. The van der Waals surface area contributed by atoms with Gasteiger partial charge in [0.2, 0.25) is 0 Å². The molecule has 0 bridgehead atoms. The lowest BCUT2D eigenvalue weighted by molar-refractivity contribution is -0.325. The van der Waals surface area contributed by atoms with Crippen LogP contribution in [0, 0.1) is 0 Å². The van der Waals surface area contributed by atoms with Crippen LogP contribution in [-0.2, 0) is 4.74 Å². The average molecular weight is 228 g/mol. The molecule has 6 heteroatoms. The van der Waals surface area contributed by atoms with Gasteiger partial charge in [0.1, 0.15) is 0 Å². The van der Waals surface area contributed by atoms with Gasteiger partial charge in [0.05, 0.1) is 6.61 Å². The lowest BCUT2D eigenvalue weighted by atomic mass is 10.4. The lowest BCUT2D eigenvalue weighted by Gasteiger charge is -2.20. The van der Waals surface area contributed by atoms with Gasteiger partial charge in [-0.3, -0.25) is 4.74 Å². The quantitative estimate of drug-likeness (QED) is 0.636. The summed E-state index contributed by atoms with van der Waals surface area (Å²) in [6.45, 7) is 7.04. The van der Waals surface area contributed by atoms with Crippen LogP contribution in [0.5, 0.6) is 0 Å². The molecule has 0 radical (unpaired) electrons. The second-order valence-corrected chi connectivity index (χ2v) is 3.08. The number of likely N-dealkylation sites (N-methyl/N-ethyl adjacent to an activating group) is 2. The number of alkyl halides is 3. The Morgan fingerprint density at radius 2 is 1.87 bits per heavy atom. The van der Waals surface area contributed by atoms with Crippen molar-refractivity contribution < 1.29 is 17.9 Å². The van der Waals surface area contributed by atoms with Crippen LogP contribution >= 0.6 is 0 Å². The first-order valence-electron chi connectivity index (χ1n) is 5.13. The first-order valence-corrected chi connectivity index (χ1v) is 5.13. The number of hydrogen-bond acceptors (Lipinski definition) is 3. The Labute approximate surface area is 88.6 Å². The van der Waals surface area contributed by atoms with E-state index in [9.17, 15) is 13.2 Å². The van der Waals surface area contributed by atoms with Crippen LogP contribution in [0.15, 0.2) is 0 Å². The first-order chi connectivity index (χ1) is 6.99. The minimum absolute atomic E-state index is 0.302. The fraction of sp³-hybridized carbons (Fsp3) is 1.00. The summed E-state index contributed by atoms with van der Waals surface area (Å²) in [5, 5.41) is 3.12. The summed E-state index contributed by atoms with van der Waals surface area (Å²) in [7, 11) is 0. The van der Waals surface area contributed by atoms with Crippen molar-refractivity contribution in [2.45, 2.75) is 20.2 Å². The second kappa shape index (κ2) is 7.90. The third-order valence-electron chi connectivity index (χ3n) is 1.98. The molecule has 0 aromatic rings. The standard InChI is InChI=1S/C9H19F3N2O/c1-3-13-5-6-14(4-2)7-8-15-9(10,11)12/h13H,3-8H2,1-2H3. The molecule has 0 aromatic heterocycles. The highest BCUT2D eigenvalue weighted by Gasteiger charge is 2.28. The molecule has 3 nitrogen and oxygen atoms in total. The fourth-order valence-electron chi connectivity index (χ4n) is 1.13. The topological polar surface area (TPSA) is 24.5 Å². The molecule has 0 saturated heterocycles. The van der Waals surface area contributed by atoms with Crippen LogP contribution in [0.25, 0.3) is 0 Å². The minimum Gasteiger partial charge on any atom is -0.316 e. The zero-order valence-electron chi connectivity index (χ0n) is 9.23. The lowest BCUT2D eigenvalue weighted by Crippen LogP contribution is -2.35. The van der Waals surface area contributed by atoms with Crippen molar-refractivity contribution in [3.8, 4) is 0 Å². The number of ether oxygens (including phenoxy) is 1. The maximum absolute atomic E-state index is 11.7. The molecule has 0 fully saturated rings. The Bertz CT molecular complexity index is 153. The summed E-state index contributed by atoms with van der Waals surface area (Å²) in [4.78, 5) is 1.91. The van der Waals surface area contributed by atoms with Gasteiger partial charge in [0, 0.05) is 19.6 Å². The second-order valence-electron chi connectivity index (χ2n) is 3.08. The molecule has 0 atom stereocenters. The molecule has 0 aliphatic heterocycles. The van der Waals surface area contributed by atoms with E-state index in [4.69, 9.17) is 0 Å². The van der Waals surface area contributed by atoms with Crippen molar-refractivity contribution in [1.29, 1.82) is 0 Å². The molecule has 0 aromatic carbocycles. The summed E-state index contributed by atoms with van der Waals surface area (Å²) in [6, 6.07) is 0. The highest BCUT2D eigenvalue weighted by molar-refractivity contribution is 4.56. The normalized spacial score (nSPS) is 12.4. The van der Waals surface area contributed by atoms with E-state index in [1.165, 1.54) is 0 Å². The number of rotatable bonds is 8. The molecule has 0 aliphatic carbocycles. The molecular weight excluding hydrogens is 209 g/mol. The Balaban J connectivity index is 3.52. The number of halogens is 3. The fourth-order valence-corrected chi connectivity index (χ4v) is 1.13. The summed E-state index contributed by atoms with van der Waals surface area (Å²) < 4.78 is 38.7. The van der Waals surface area contributed by atoms with E-state index in [2.05, 4.69) is 10.1 Å². The van der Waals surface area contributed by atoms with Gasteiger partial charge in [-0.1, -0.05) is 13.8 Å². The predicted octanol–water partition coefficient (Wildman–Crippen LogP) is 1.45. The SMILES string of the molecule is CCNCCN(CC)CCOC(F)(F)F. The number of nitrogens with zero attached hydrogens (tertiary/aromatic N) is 1. The van der Waals surface area contributed by atoms with Crippen molar-refractivity contribution in [3.05, 3.63) is 0 Å². The molecular formula is C9H19F3N2O. The van der Waals surface area contributed by atoms with E-state index in [0.29, 0.717) is 6.54 Å². The van der Waals surface area contributed by atoms with E-state index >= 15 is 0 Å². The minimum atomic E-state index is -4.51. The van der Waals surface area contributed by atoms with E-state index in [0.717, 1.165) is 26.2 Å². The van der Waals surface area contributed by atoms with Gasteiger partial charge >= 0.3 is 6.36 Å². The van der Waals surface area contributed by atoms with Gasteiger partial charge in [-0.25, -0.2) is 0 Å². The van der Waals surface area contributed by atoms with Crippen molar-refractivity contribution in [2.24, 2.45) is 0 Å². The molecule has 0 spiro atoms. The number of nitrogens with one attached hydrogen (secondary N) is 1. The molecule has 0 heterocycles. The predicted molar refractivity (Wildman–Crippen MR) is 52.7 cm³/mol. The van der Waals surface area contributed by atoms with Crippen molar-refractivity contribution in [2.75, 3.05) is 39.3 Å². The van der Waals surface area contributed by atoms with Crippen LogP contribution in [0.3, 0.4) is 0 Å². The van der Waals surface area contributed by atoms with Crippen LogP contribution < -0.4 is 5.32 Å². The van der Waals surface area contributed by atoms with Gasteiger partial charge in [-0.05, 0) is 13.1 Å². The molecule has 0 unspecified atom stereocenters. The summed E-state index contributed by atoms with van der Waals surface area (Å²) >= 11 is 0. The van der Waals surface area contributed by atoms with Crippen molar-refractivity contribution in [3.63, 3.8) is 0 Å². The van der Waals surface area contributed by atoms with Crippen molar-refractivity contribution in [1.82, 2.24) is 10.2 Å². The summed E-state index contributed by atoms with van der Waals surface area (Å²) in [5.41, 5.74) is 0. The van der Waals surface area contributed by atoms with Crippen LogP contribution in [0.4, 0.5) is 13.2 Å². The largest absolute Gasteiger partial charge is 0.522 e. The maximum Gasteiger partial charge on any atom is 0.522 e. The smallest absolute Gasteiger partial charge is 0.316 e. The van der Waals surface area contributed by atoms with Crippen LogP contribution in [-0.4, -0.2) is 50.6 Å². The number of hydrogen-bond donors (Lipinski definition) is 1. The highest BCUT2D eigenvalue weighted by atomic mass is 19.4. The van der Waals surface area contributed by atoms with E-state index in [1.54, 1.807) is 0 Å². The molecule has 92 valence electrons. The maximum atomic E-state index is 11.7. The monoisotopic (exact) mass is 228 g/mol. The van der Waals surface area contributed by atoms with E-state index in [-0.39, 0.29) is 6.61 Å². The van der Waals surface area contributed by atoms with Crippen LogP contribution in [0.1, 0.15) is 13.8 Å². The van der Waals surface area contributed by atoms with Gasteiger partial charge in [0.25, 0.3) is 0 Å². The third kappa shape index (κ3) is 9.96. The Morgan fingerprint density at radius 3 is 2.33 bits per heavy atom. The Morgan fingerprint density at radius 1 is 1.20 bits per heavy atom. The van der Waals surface area contributed by atoms with Gasteiger partial charge < -0.3 is 10.2 Å². The van der Waals surface area contributed by atoms with Gasteiger partial charge in [-0.15, -0.1) is 13.2 Å². The summed E-state index contributed by atoms with van der Waals surface area (Å²) in [5.74, 6) is 0. The first kappa shape index (κ1) is 14.7. The molecule has 0 saturated carbocycles. The molecule has 0 aliphatic rings. The Hall–Kier alpha value is -0.330. The van der Waals surface area contributed by atoms with Gasteiger partial charge in [-0.2, -0.15) is 0 Å². The van der Waals surface area contributed by atoms with E-state index < -0.39 is 6.36 Å². The highest BCUT2D eigenvalue weighted by Crippen LogP contribution is 2.15. The zero-order valence-corrected chi connectivity index (χ0v) is 9.23. The third-order valence-corrected chi connectivity index (χ3v) is 1.98. The molecule has 1 N–H and O–H groups in total. The molecule has 15 heavy (non-hydrogen) atoms. The van der Waals surface area contributed by atoms with Gasteiger partial charge in [0.15, 0.2) is 0 Å². The molecule has 0 rings (SSSR count). The van der Waals surface area contributed by atoms with E-state index in [1.807, 2.05) is 18.7 Å². The Kier molecular flexibility index (Phi) is 7.72. The molecule has 0 amide bonds. The zero-order chi connectivity index (χ0) is 11.7. The summed E-state index contributed by atoms with van der Waals surface area (Å²) in [6.07, 6.45) is -4.51. The van der Waals surface area contributed by atoms with Crippen LogP contribution in [0.2, 0.25) is 0 Å².